The molecule has 0 radical (unpaired) electrons. The summed E-state index contributed by atoms with van der Waals surface area (Å²) in [7, 11) is 0.341. The predicted molar refractivity (Wildman–Crippen MR) is 85.9 cm³/mol. The minimum atomic E-state index is -2.97. The first kappa shape index (κ1) is 16.8. The van der Waals surface area contributed by atoms with E-state index in [0.717, 1.165) is 11.3 Å². The number of rotatable bonds is 5. The van der Waals surface area contributed by atoms with Crippen molar-refractivity contribution in [3.8, 4) is 5.75 Å². The van der Waals surface area contributed by atoms with E-state index in [-0.39, 0.29) is 29.4 Å². The number of hydrogen-bond donors (Lipinski definition) is 0. The van der Waals surface area contributed by atoms with Gasteiger partial charge in [0.2, 0.25) is 5.91 Å². The van der Waals surface area contributed by atoms with Gasteiger partial charge in [0.15, 0.2) is 9.84 Å². The smallest absolute Gasteiger partial charge is 0.223 e. The van der Waals surface area contributed by atoms with Gasteiger partial charge in [-0.05, 0) is 30.0 Å². The van der Waals surface area contributed by atoms with E-state index >= 15 is 0 Å². The quantitative estimate of drug-likeness (QED) is 0.828. The molecule has 1 amide bonds. The van der Waals surface area contributed by atoms with Gasteiger partial charge >= 0.3 is 0 Å². The lowest BCUT2D eigenvalue weighted by Crippen LogP contribution is -2.38. The Morgan fingerprint density at radius 1 is 1.45 bits per heavy atom. The fraction of sp³-hybridized carbons (Fsp3) is 0.562. The third-order valence-electron chi connectivity index (χ3n) is 4.29. The predicted octanol–water partition coefficient (Wildman–Crippen LogP) is 1.83. The van der Waals surface area contributed by atoms with Crippen LogP contribution in [0.1, 0.15) is 31.2 Å². The second-order valence-corrected chi connectivity index (χ2v) is 8.17. The van der Waals surface area contributed by atoms with Gasteiger partial charge in [0.1, 0.15) is 5.75 Å². The zero-order valence-corrected chi connectivity index (χ0v) is 14.1. The first-order valence-electron chi connectivity index (χ1n) is 7.42. The SMILES string of the molecule is COc1cccc(C(C)CC(=O)N(C)C2CCS(=O)(=O)C2)c1. The monoisotopic (exact) mass is 325 g/mol. The number of carbonyl (C=O) groups excluding carboxylic acids is 1. The second-order valence-electron chi connectivity index (χ2n) is 5.94. The topological polar surface area (TPSA) is 63.7 Å². The van der Waals surface area contributed by atoms with Crippen LogP contribution in [0.25, 0.3) is 0 Å². The van der Waals surface area contributed by atoms with Crippen molar-refractivity contribution in [3.05, 3.63) is 29.8 Å². The van der Waals surface area contributed by atoms with Crippen molar-refractivity contribution in [1.29, 1.82) is 0 Å². The molecule has 1 aromatic rings. The Balaban J connectivity index is 1.98. The third-order valence-corrected chi connectivity index (χ3v) is 6.04. The van der Waals surface area contributed by atoms with E-state index < -0.39 is 9.84 Å². The van der Waals surface area contributed by atoms with Crippen molar-refractivity contribution in [2.45, 2.75) is 31.7 Å². The summed E-state index contributed by atoms with van der Waals surface area (Å²) in [5.41, 5.74) is 1.04. The van der Waals surface area contributed by atoms with E-state index in [0.29, 0.717) is 12.8 Å². The van der Waals surface area contributed by atoms with Crippen LogP contribution in [0.5, 0.6) is 5.75 Å². The molecule has 1 aliphatic heterocycles. The molecule has 22 heavy (non-hydrogen) atoms. The van der Waals surface area contributed by atoms with Crippen LogP contribution in [0, 0.1) is 0 Å². The Morgan fingerprint density at radius 3 is 2.77 bits per heavy atom. The van der Waals surface area contributed by atoms with Crippen LogP contribution in [0.2, 0.25) is 0 Å². The van der Waals surface area contributed by atoms with Crippen molar-refractivity contribution in [2.24, 2.45) is 0 Å². The maximum Gasteiger partial charge on any atom is 0.223 e. The molecular formula is C16H23NO4S. The zero-order chi connectivity index (χ0) is 16.3. The van der Waals surface area contributed by atoms with Gasteiger partial charge in [-0.15, -0.1) is 0 Å². The largest absolute Gasteiger partial charge is 0.497 e. The molecule has 1 heterocycles. The number of benzene rings is 1. The van der Waals surface area contributed by atoms with Crippen LogP contribution in [0.15, 0.2) is 24.3 Å². The van der Waals surface area contributed by atoms with Crippen molar-refractivity contribution in [3.63, 3.8) is 0 Å². The highest BCUT2D eigenvalue weighted by atomic mass is 32.2. The van der Waals surface area contributed by atoms with Crippen molar-refractivity contribution >= 4 is 15.7 Å². The van der Waals surface area contributed by atoms with Gasteiger partial charge in [0.25, 0.3) is 0 Å². The summed E-state index contributed by atoms with van der Waals surface area (Å²) in [6.45, 7) is 1.99. The van der Waals surface area contributed by atoms with Crippen LogP contribution in [0.4, 0.5) is 0 Å². The Hall–Kier alpha value is -1.56. The van der Waals surface area contributed by atoms with Crippen LogP contribution in [-0.2, 0) is 14.6 Å². The standard InChI is InChI=1S/C16H23NO4S/c1-12(13-5-4-6-15(10-13)21-3)9-16(18)17(2)14-7-8-22(19,20)11-14/h4-6,10,12,14H,7-9,11H2,1-3H3. The van der Waals surface area contributed by atoms with E-state index in [1.54, 1.807) is 19.1 Å². The fourth-order valence-corrected chi connectivity index (χ4v) is 4.53. The maximum absolute atomic E-state index is 12.4. The van der Waals surface area contributed by atoms with E-state index in [4.69, 9.17) is 4.74 Å². The number of amides is 1. The molecule has 2 unspecified atom stereocenters. The summed E-state index contributed by atoms with van der Waals surface area (Å²) in [4.78, 5) is 14.0. The highest BCUT2D eigenvalue weighted by Crippen LogP contribution is 2.25. The zero-order valence-electron chi connectivity index (χ0n) is 13.3. The van der Waals surface area contributed by atoms with Gasteiger partial charge in [0.05, 0.1) is 18.6 Å². The third kappa shape index (κ3) is 4.00. The summed E-state index contributed by atoms with van der Waals surface area (Å²) in [5.74, 6) is 1.08. The molecule has 1 aliphatic rings. The molecule has 122 valence electrons. The van der Waals surface area contributed by atoms with Crippen LogP contribution in [0.3, 0.4) is 0 Å². The second kappa shape index (κ2) is 6.69. The first-order chi connectivity index (χ1) is 10.3. The van der Waals surface area contributed by atoms with Gasteiger partial charge in [-0.3, -0.25) is 4.79 Å². The maximum atomic E-state index is 12.4. The molecular weight excluding hydrogens is 302 g/mol. The average molecular weight is 325 g/mol. The van der Waals surface area contributed by atoms with Crippen molar-refractivity contribution < 1.29 is 17.9 Å². The number of carbonyl (C=O) groups is 1. The number of sulfone groups is 1. The molecule has 0 spiro atoms. The number of hydrogen-bond acceptors (Lipinski definition) is 4. The van der Waals surface area contributed by atoms with E-state index in [1.807, 2.05) is 31.2 Å². The lowest BCUT2D eigenvalue weighted by atomic mass is 9.96. The Bertz CT molecular complexity index is 641. The van der Waals surface area contributed by atoms with Crippen LogP contribution < -0.4 is 4.74 Å². The average Bonchev–Trinajstić information content (AvgIpc) is 2.86. The molecule has 2 atom stereocenters. The molecule has 0 bridgehead atoms. The van der Waals surface area contributed by atoms with Gasteiger partial charge in [-0.25, -0.2) is 8.42 Å². The van der Waals surface area contributed by atoms with E-state index in [2.05, 4.69) is 0 Å². The number of nitrogens with zero attached hydrogens (tertiary/aromatic N) is 1. The lowest BCUT2D eigenvalue weighted by Gasteiger charge is -2.25. The molecule has 1 fully saturated rings. The highest BCUT2D eigenvalue weighted by molar-refractivity contribution is 7.91. The van der Waals surface area contributed by atoms with Crippen LogP contribution in [-0.4, -0.2) is 50.9 Å². The van der Waals surface area contributed by atoms with Crippen molar-refractivity contribution in [1.82, 2.24) is 4.90 Å². The van der Waals surface area contributed by atoms with Gasteiger partial charge < -0.3 is 9.64 Å². The number of ether oxygens (including phenoxy) is 1. The molecule has 1 aromatic carbocycles. The molecule has 0 aromatic heterocycles. The lowest BCUT2D eigenvalue weighted by molar-refractivity contribution is -0.131. The fourth-order valence-electron chi connectivity index (χ4n) is 2.76. The minimum Gasteiger partial charge on any atom is -0.497 e. The molecule has 5 nitrogen and oxygen atoms in total. The normalized spacial score (nSPS) is 21.3. The molecule has 6 heteroatoms. The Morgan fingerprint density at radius 2 is 2.18 bits per heavy atom. The Kier molecular flexibility index (Phi) is 5.11. The van der Waals surface area contributed by atoms with E-state index in [9.17, 15) is 13.2 Å². The van der Waals surface area contributed by atoms with E-state index in [1.165, 1.54) is 0 Å². The Labute approximate surface area is 132 Å². The number of methoxy groups -OCH3 is 1. The molecule has 0 aliphatic carbocycles. The summed E-state index contributed by atoms with van der Waals surface area (Å²) < 4.78 is 28.3. The minimum absolute atomic E-state index is 0.0163. The molecule has 0 saturated carbocycles. The molecule has 2 rings (SSSR count). The summed E-state index contributed by atoms with van der Waals surface area (Å²) >= 11 is 0. The van der Waals surface area contributed by atoms with Gasteiger partial charge in [0, 0.05) is 19.5 Å². The molecule has 1 saturated heterocycles. The summed E-state index contributed by atoms with van der Waals surface area (Å²) in [6.07, 6.45) is 0.901. The summed E-state index contributed by atoms with van der Waals surface area (Å²) in [6, 6.07) is 7.49. The first-order valence-corrected chi connectivity index (χ1v) is 9.24. The molecule has 0 N–H and O–H groups in total. The summed E-state index contributed by atoms with van der Waals surface area (Å²) in [5, 5.41) is 0. The van der Waals surface area contributed by atoms with Crippen molar-refractivity contribution in [2.75, 3.05) is 25.7 Å². The van der Waals surface area contributed by atoms with Gasteiger partial charge in [-0.1, -0.05) is 19.1 Å². The highest BCUT2D eigenvalue weighted by Gasteiger charge is 2.32. The van der Waals surface area contributed by atoms with Gasteiger partial charge in [-0.2, -0.15) is 0 Å². The van der Waals surface area contributed by atoms with Crippen LogP contribution >= 0.6 is 0 Å².